The van der Waals surface area contributed by atoms with E-state index in [0.29, 0.717) is 12.8 Å². The van der Waals surface area contributed by atoms with Gasteiger partial charge >= 0.3 is 0 Å². The molecule has 0 saturated carbocycles. The molecule has 110 valence electrons. The lowest BCUT2D eigenvalue weighted by atomic mass is 9.91. The number of oxime groups is 1. The fourth-order valence-corrected chi connectivity index (χ4v) is 1.93. The van der Waals surface area contributed by atoms with Crippen LogP contribution in [0.25, 0.3) is 0 Å². The first-order valence-corrected chi connectivity index (χ1v) is 6.37. The second-order valence-corrected chi connectivity index (χ2v) is 4.59. The summed E-state index contributed by atoms with van der Waals surface area (Å²) in [6, 6.07) is 2.79. The van der Waals surface area contributed by atoms with Gasteiger partial charge in [0.1, 0.15) is 5.54 Å². The predicted octanol–water partition coefficient (Wildman–Crippen LogP) is 0.420. The van der Waals surface area contributed by atoms with E-state index in [1.165, 1.54) is 16.8 Å². The molecular weight excluding hydrogens is 260 g/mol. The molecule has 1 amide bonds. The van der Waals surface area contributed by atoms with Crippen LogP contribution in [0.1, 0.15) is 37.0 Å². The number of amides is 1. The van der Waals surface area contributed by atoms with Gasteiger partial charge in [0.2, 0.25) is 0 Å². The van der Waals surface area contributed by atoms with Crippen molar-refractivity contribution in [2.75, 3.05) is 0 Å². The summed E-state index contributed by atoms with van der Waals surface area (Å²) >= 11 is 0. The minimum absolute atomic E-state index is 0.0558. The maximum absolute atomic E-state index is 12.2. The molecule has 4 N–H and O–H groups in total. The average Bonchev–Trinajstić information content (AvgIpc) is 2.46. The molecule has 1 aromatic rings. The lowest BCUT2D eigenvalue weighted by Crippen LogP contribution is -2.57. The molecule has 0 aromatic carbocycles. The van der Waals surface area contributed by atoms with Gasteiger partial charge in [-0.3, -0.25) is 9.59 Å². The van der Waals surface area contributed by atoms with E-state index in [2.05, 4.69) is 10.5 Å². The van der Waals surface area contributed by atoms with E-state index in [9.17, 15) is 9.59 Å². The molecule has 0 radical (unpaired) electrons. The number of rotatable bonds is 5. The van der Waals surface area contributed by atoms with Crippen molar-refractivity contribution < 1.29 is 10.0 Å². The summed E-state index contributed by atoms with van der Waals surface area (Å²) in [4.78, 5) is 23.7. The molecule has 0 aliphatic carbocycles. The van der Waals surface area contributed by atoms with E-state index in [1.54, 1.807) is 13.1 Å². The van der Waals surface area contributed by atoms with Gasteiger partial charge in [-0.15, -0.1) is 0 Å². The van der Waals surface area contributed by atoms with Crippen molar-refractivity contribution in [3.63, 3.8) is 0 Å². The number of carbonyl (C=O) groups is 1. The molecular formula is C13H20N4O3. The highest BCUT2D eigenvalue weighted by Gasteiger charge is 2.33. The first-order valence-electron chi connectivity index (χ1n) is 6.37. The quantitative estimate of drug-likeness (QED) is 0.314. The summed E-state index contributed by atoms with van der Waals surface area (Å²) in [7, 11) is 1.60. The van der Waals surface area contributed by atoms with Crippen LogP contribution in [-0.2, 0) is 7.05 Å². The summed E-state index contributed by atoms with van der Waals surface area (Å²) in [5.74, 6) is -0.488. The monoisotopic (exact) mass is 280 g/mol. The van der Waals surface area contributed by atoms with Crippen LogP contribution < -0.4 is 16.6 Å². The molecule has 1 heterocycles. The van der Waals surface area contributed by atoms with E-state index in [1.807, 2.05) is 13.8 Å². The minimum atomic E-state index is -0.924. The van der Waals surface area contributed by atoms with E-state index < -0.39 is 11.4 Å². The number of nitrogens with zero attached hydrogens (tertiary/aromatic N) is 2. The maximum atomic E-state index is 12.2. The lowest BCUT2D eigenvalue weighted by molar-refractivity contribution is 0.0917. The molecule has 0 atom stereocenters. The Bertz CT molecular complexity index is 573. The van der Waals surface area contributed by atoms with Crippen molar-refractivity contribution in [3.05, 3.63) is 34.2 Å². The second kappa shape index (κ2) is 6.23. The van der Waals surface area contributed by atoms with Crippen LogP contribution in [0.2, 0.25) is 0 Å². The molecule has 1 rings (SSSR count). The number of amidine groups is 1. The Morgan fingerprint density at radius 1 is 1.50 bits per heavy atom. The Labute approximate surface area is 117 Å². The van der Waals surface area contributed by atoms with Gasteiger partial charge in [-0.25, -0.2) is 0 Å². The third-order valence-electron chi connectivity index (χ3n) is 3.52. The largest absolute Gasteiger partial charge is 0.409 e. The normalized spacial score (nSPS) is 12.2. The molecule has 7 nitrogen and oxygen atoms in total. The number of hydrogen-bond donors (Lipinski definition) is 3. The van der Waals surface area contributed by atoms with Crippen LogP contribution >= 0.6 is 0 Å². The topological polar surface area (TPSA) is 110 Å². The molecule has 0 bridgehead atoms. The highest BCUT2D eigenvalue weighted by molar-refractivity contribution is 6.00. The van der Waals surface area contributed by atoms with Gasteiger partial charge in [-0.1, -0.05) is 19.0 Å². The Morgan fingerprint density at radius 2 is 2.10 bits per heavy atom. The molecule has 20 heavy (non-hydrogen) atoms. The SMILES string of the molecule is CCC(CC)(NC(=O)c1ccn(C)c(=O)c1)/C(N)=N/O. The minimum Gasteiger partial charge on any atom is -0.409 e. The zero-order chi connectivity index (χ0) is 15.3. The number of aryl methyl sites for hydroxylation is 1. The molecule has 1 aromatic heterocycles. The molecule has 0 aliphatic rings. The van der Waals surface area contributed by atoms with Crippen LogP contribution in [0.3, 0.4) is 0 Å². The highest BCUT2D eigenvalue weighted by atomic mass is 16.4. The van der Waals surface area contributed by atoms with Crippen LogP contribution in [0.5, 0.6) is 0 Å². The maximum Gasteiger partial charge on any atom is 0.252 e. The summed E-state index contributed by atoms with van der Waals surface area (Å²) < 4.78 is 1.37. The predicted molar refractivity (Wildman–Crippen MR) is 75.9 cm³/mol. The smallest absolute Gasteiger partial charge is 0.252 e. The Hall–Kier alpha value is -2.31. The zero-order valence-electron chi connectivity index (χ0n) is 11.9. The van der Waals surface area contributed by atoms with Crippen LogP contribution in [0, 0.1) is 0 Å². The summed E-state index contributed by atoms with van der Waals surface area (Å²) in [6.07, 6.45) is 2.45. The number of aromatic nitrogens is 1. The summed E-state index contributed by atoms with van der Waals surface area (Å²) in [5, 5.41) is 14.6. The van der Waals surface area contributed by atoms with Crippen LogP contribution in [-0.4, -0.2) is 27.1 Å². The number of nitrogens with two attached hydrogens (primary N) is 1. The van der Waals surface area contributed by atoms with Gasteiger partial charge in [0.05, 0.1) is 0 Å². The summed E-state index contributed by atoms with van der Waals surface area (Å²) in [6.45, 7) is 3.65. The van der Waals surface area contributed by atoms with Crippen molar-refractivity contribution in [2.24, 2.45) is 17.9 Å². The van der Waals surface area contributed by atoms with E-state index in [0.717, 1.165) is 0 Å². The first-order chi connectivity index (χ1) is 9.40. The van der Waals surface area contributed by atoms with Crippen LogP contribution in [0.15, 0.2) is 28.3 Å². The molecule has 0 unspecified atom stereocenters. The fourth-order valence-electron chi connectivity index (χ4n) is 1.93. The summed E-state index contributed by atoms with van der Waals surface area (Å²) in [5.41, 5.74) is 4.71. The Balaban J connectivity index is 3.08. The van der Waals surface area contributed by atoms with E-state index in [4.69, 9.17) is 10.9 Å². The van der Waals surface area contributed by atoms with E-state index in [-0.39, 0.29) is 17.0 Å². The molecule has 7 heteroatoms. The number of pyridine rings is 1. The van der Waals surface area contributed by atoms with Crippen LogP contribution in [0.4, 0.5) is 0 Å². The van der Waals surface area contributed by atoms with Gasteiger partial charge in [0.15, 0.2) is 5.84 Å². The highest BCUT2D eigenvalue weighted by Crippen LogP contribution is 2.16. The molecule has 0 aliphatic heterocycles. The number of hydrogen-bond acceptors (Lipinski definition) is 4. The standard InChI is InChI=1S/C13H20N4O3/c1-4-13(5-2,12(14)16-20)15-11(19)9-6-7-17(3)10(18)8-9/h6-8,20H,4-5H2,1-3H3,(H2,14,16)(H,15,19). The number of carbonyl (C=O) groups excluding carboxylic acids is 1. The lowest BCUT2D eigenvalue weighted by Gasteiger charge is -2.31. The van der Waals surface area contributed by atoms with Gasteiger partial charge < -0.3 is 20.8 Å². The number of nitrogens with one attached hydrogen (secondary N) is 1. The molecule has 0 spiro atoms. The van der Waals surface area contributed by atoms with Crippen molar-refractivity contribution in [3.8, 4) is 0 Å². The van der Waals surface area contributed by atoms with E-state index >= 15 is 0 Å². The van der Waals surface area contributed by atoms with Gasteiger partial charge in [-0.2, -0.15) is 0 Å². The first kappa shape index (κ1) is 15.7. The Kier molecular flexibility index (Phi) is 4.90. The van der Waals surface area contributed by atoms with Gasteiger partial charge in [0.25, 0.3) is 11.5 Å². The fraction of sp³-hybridized carbons (Fsp3) is 0.462. The van der Waals surface area contributed by atoms with Crippen molar-refractivity contribution in [1.29, 1.82) is 0 Å². The third-order valence-corrected chi connectivity index (χ3v) is 3.52. The zero-order valence-corrected chi connectivity index (χ0v) is 11.9. The van der Waals surface area contributed by atoms with Gasteiger partial charge in [0, 0.05) is 24.9 Å². The average molecular weight is 280 g/mol. The van der Waals surface area contributed by atoms with Crippen molar-refractivity contribution in [2.45, 2.75) is 32.2 Å². The molecule has 0 saturated heterocycles. The second-order valence-electron chi connectivity index (χ2n) is 4.59. The van der Waals surface area contributed by atoms with Crippen molar-refractivity contribution >= 4 is 11.7 Å². The van der Waals surface area contributed by atoms with Gasteiger partial charge in [-0.05, 0) is 18.9 Å². The Morgan fingerprint density at radius 3 is 2.55 bits per heavy atom. The molecule has 0 fully saturated rings. The third kappa shape index (κ3) is 2.98. The van der Waals surface area contributed by atoms with Crippen molar-refractivity contribution in [1.82, 2.24) is 9.88 Å².